The van der Waals surface area contributed by atoms with E-state index in [2.05, 4.69) is 5.32 Å². The van der Waals surface area contributed by atoms with Gasteiger partial charge in [-0.15, -0.1) is 0 Å². The second kappa shape index (κ2) is 5.67. The summed E-state index contributed by atoms with van der Waals surface area (Å²) in [7, 11) is 0. The SMILES string of the molecule is O=C(O)C(=O)O.O=C(O)N1CC2(CCCNC2)C1. The maximum Gasteiger partial charge on any atom is 0.414 e. The molecular formula is C10H16N2O6. The molecule has 2 fully saturated rings. The van der Waals surface area contributed by atoms with E-state index in [0.29, 0.717) is 0 Å². The van der Waals surface area contributed by atoms with Crippen LogP contribution in [0.2, 0.25) is 0 Å². The van der Waals surface area contributed by atoms with Crippen LogP contribution in [0.25, 0.3) is 0 Å². The Kier molecular flexibility index (Phi) is 4.49. The second-order valence-electron chi connectivity index (χ2n) is 4.53. The van der Waals surface area contributed by atoms with Gasteiger partial charge in [0.2, 0.25) is 0 Å². The summed E-state index contributed by atoms with van der Waals surface area (Å²) in [5, 5.41) is 26.8. The molecule has 2 aliphatic rings. The van der Waals surface area contributed by atoms with Crippen molar-refractivity contribution >= 4 is 18.0 Å². The van der Waals surface area contributed by atoms with Crippen LogP contribution >= 0.6 is 0 Å². The molecule has 2 rings (SSSR count). The summed E-state index contributed by atoms with van der Waals surface area (Å²) in [6.45, 7) is 3.55. The summed E-state index contributed by atoms with van der Waals surface area (Å²) < 4.78 is 0. The van der Waals surface area contributed by atoms with Gasteiger partial charge in [0.1, 0.15) is 0 Å². The zero-order valence-electron chi connectivity index (χ0n) is 9.76. The van der Waals surface area contributed by atoms with Crippen molar-refractivity contribution in [1.82, 2.24) is 10.2 Å². The van der Waals surface area contributed by atoms with E-state index in [9.17, 15) is 4.79 Å². The molecule has 2 saturated heterocycles. The topological polar surface area (TPSA) is 127 Å². The van der Waals surface area contributed by atoms with Crippen molar-refractivity contribution in [2.24, 2.45) is 5.41 Å². The third-order valence-electron chi connectivity index (χ3n) is 3.07. The van der Waals surface area contributed by atoms with Crippen molar-refractivity contribution in [3.05, 3.63) is 0 Å². The van der Waals surface area contributed by atoms with Crippen molar-refractivity contribution in [2.75, 3.05) is 26.2 Å². The van der Waals surface area contributed by atoms with Gasteiger partial charge in [-0.3, -0.25) is 0 Å². The number of hydrogen-bond donors (Lipinski definition) is 4. The number of likely N-dealkylation sites (tertiary alicyclic amines) is 1. The predicted octanol–water partition coefficient (Wildman–Crippen LogP) is -0.495. The number of amides is 1. The zero-order valence-corrected chi connectivity index (χ0v) is 9.76. The molecule has 8 nitrogen and oxygen atoms in total. The summed E-state index contributed by atoms with van der Waals surface area (Å²) in [5.41, 5.74) is 0.288. The van der Waals surface area contributed by atoms with E-state index in [4.69, 9.17) is 24.9 Å². The normalized spacial score (nSPS) is 20.3. The van der Waals surface area contributed by atoms with Gasteiger partial charge in [0.25, 0.3) is 0 Å². The standard InChI is InChI=1S/C8H14N2O2.C2H2O4/c11-7(12)10-5-8(6-10)2-1-3-9-4-8;3-1(4)2(5)6/h9H,1-6H2,(H,11,12);(H,3,4)(H,5,6). The van der Waals surface area contributed by atoms with Gasteiger partial charge in [-0.2, -0.15) is 0 Å². The minimum atomic E-state index is -1.82. The molecule has 0 aromatic carbocycles. The molecule has 0 aromatic rings. The van der Waals surface area contributed by atoms with E-state index in [0.717, 1.165) is 26.2 Å². The lowest BCUT2D eigenvalue weighted by atomic mass is 9.74. The second-order valence-corrected chi connectivity index (χ2v) is 4.53. The Hall–Kier alpha value is -1.83. The molecule has 102 valence electrons. The number of nitrogens with one attached hydrogen (secondary N) is 1. The number of rotatable bonds is 0. The average Bonchev–Trinajstić information content (AvgIpc) is 2.27. The van der Waals surface area contributed by atoms with E-state index < -0.39 is 18.0 Å². The maximum absolute atomic E-state index is 10.5. The molecule has 1 spiro atoms. The highest BCUT2D eigenvalue weighted by Gasteiger charge is 2.45. The number of carboxylic acid groups (broad SMARTS) is 3. The van der Waals surface area contributed by atoms with Gasteiger partial charge in [0.15, 0.2) is 0 Å². The van der Waals surface area contributed by atoms with Gasteiger partial charge in [-0.25, -0.2) is 14.4 Å². The van der Waals surface area contributed by atoms with E-state index in [-0.39, 0.29) is 5.41 Å². The fourth-order valence-electron chi connectivity index (χ4n) is 2.20. The van der Waals surface area contributed by atoms with E-state index in [1.165, 1.54) is 17.7 Å². The summed E-state index contributed by atoms with van der Waals surface area (Å²) in [5.74, 6) is -3.65. The van der Waals surface area contributed by atoms with Gasteiger partial charge in [0.05, 0.1) is 0 Å². The van der Waals surface area contributed by atoms with Gasteiger partial charge in [-0.1, -0.05) is 0 Å². The average molecular weight is 260 g/mol. The molecule has 0 radical (unpaired) electrons. The molecule has 0 aromatic heterocycles. The molecule has 4 N–H and O–H groups in total. The highest BCUT2D eigenvalue weighted by molar-refractivity contribution is 6.27. The molecule has 2 aliphatic heterocycles. The first-order valence-electron chi connectivity index (χ1n) is 5.51. The van der Waals surface area contributed by atoms with Gasteiger partial charge >= 0.3 is 18.0 Å². The van der Waals surface area contributed by atoms with Crippen LogP contribution in [0.15, 0.2) is 0 Å². The third-order valence-corrected chi connectivity index (χ3v) is 3.07. The Morgan fingerprint density at radius 2 is 1.61 bits per heavy atom. The first kappa shape index (κ1) is 14.2. The van der Waals surface area contributed by atoms with Crippen LogP contribution in [-0.4, -0.2) is 64.4 Å². The van der Waals surface area contributed by atoms with Crippen molar-refractivity contribution in [2.45, 2.75) is 12.8 Å². The number of aliphatic carboxylic acids is 2. The molecule has 2 heterocycles. The molecule has 0 unspecified atom stereocenters. The first-order chi connectivity index (χ1) is 8.36. The Balaban J connectivity index is 0.000000232. The Morgan fingerprint density at radius 1 is 1.06 bits per heavy atom. The lowest BCUT2D eigenvalue weighted by Crippen LogP contribution is -2.63. The fourth-order valence-corrected chi connectivity index (χ4v) is 2.20. The van der Waals surface area contributed by atoms with Crippen molar-refractivity contribution in [3.63, 3.8) is 0 Å². The predicted molar refractivity (Wildman–Crippen MR) is 59.4 cm³/mol. The summed E-state index contributed by atoms with van der Waals surface area (Å²) in [6.07, 6.45) is 1.60. The van der Waals surface area contributed by atoms with Gasteiger partial charge < -0.3 is 25.5 Å². The Bertz CT molecular complexity index is 330. The van der Waals surface area contributed by atoms with E-state index in [1.807, 2.05) is 0 Å². The number of piperidine rings is 1. The molecule has 0 atom stereocenters. The van der Waals surface area contributed by atoms with Gasteiger partial charge in [0, 0.05) is 25.0 Å². The Morgan fingerprint density at radius 3 is 1.94 bits per heavy atom. The molecule has 8 heteroatoms. The molecule has 0 aliphatic carbocycles. The maximum atomic E-state index is 10.5. The van der Waals surface area contributed by atoms with Crippen LogP contribution in [0.5, 0.6) is 0 Å². The summed E-state index contributed by atoms with van der Waals surface area (Å²) in [4.78, 5) is 30.2. The zero-order chi connectivity index (χ0) is 13.8. The monoisotopic (exact) mass is 260 g/mol. The molecule has 18 heavy (non-hydrogen) atoms. The molecule has 0 saturated carbocycles. The number of carboxylic acids is 2. The first-order valence-corrected chi connectivity index (χ1v) is 5.51. The van der Waals surface area contributed by atoms with Gasteiger partial charge in [-0.05, 0) is 19.4 Å². The molecule has 1 amide bonds. The van der Waals surface area contributed by atoms with Crippen LogP contribution < -0.4 is 5.32 Å². The lowest BCUT2D eigenvalue weighted by molar-refractivity contribution is -0.159. The number of hydrogen-bond acceptors (Lipinski definition) is 4. The lowest BCUT2D eigenvalue weighted by Gasteiger charge is -2.51. The molecule has 0 bridgehead atoms. The van der Waals surface area contributed by atoms with Crippen molar-refractivity contribution in [3.8, 4) is 0 Å². The number of carbonyl (C=O) groups is 3. The smallest absolute Gasteiger partial charge is 0.414 e. The van der Waals surface area contributed by atoms with Crippen LogP contribution in [0, 0.1) is 5.41 Å². The van der Waals surface area contributed by atoms with Crippen LogP contribution in [0.1, 0.15) is 12.8 Å². The van der Waals surface area contributed by atoms with Crippen molar-refractivity contribution in [1.29, 1.82) is 0 Å². The minimum Gasteiger partial charge on any atom is -0.473 e. The highest BCUT2D eigenvalue weighted by atomic mass is 16.4. The van der Waals surface area contributed by atoms with Crippen molar-refractivity contribution < 1.29 is 29.7 Å². The Labute approximate surface area is 103 Å². The third kappa shape index (κ3) is 3.59. The fraction of sp³-hybridized carbons (Fsp3) is 0.700. The molecular weight excluding hydrogens is 244 g/mol. The highest BCUT2D eigenvalue weighted by Crippen LogP contribution is 2.36. The minimum absolute atomic E-state index is 0.288. The van der Waals surface area contributed by atoms with Crippen LogP contribution in [0.4, 0.5) is 4.79 Å². The van der Waals surface area contributed by atoms with E-state index in [1.54, 1.807) is 0 Å². The largest absolute Gasteiger partial charge is 0.473 e. The van der Waals surface area contributed by atoms with Crippen LogP contribution in [-0.2, 0) is 9.59 Å². The summed E-state index contributed by atoms with van der Waals surface area (Å²) >= 11 is 0. The summed E-state index contributed by atoms with van der Waals surface area (Å²) in [6, 6.07) is 0. The quantitative estimate of drug-likeness (QED) is 0.432. The van der Waals surface area contributed by atoms with Crippen LogP contribution in [0.3, 0.4) is 0 Å². The van der Waals surface area contributed by atoms with E-state index >= 15 is 0 Å². The number of nitrogens with zero attached hydrogens (tertiary/aromatic N) is 1.